The predicted molar refractivity (Wildman–Crippen MR) is 101 cm³/mol. The van der Waals surface area contributed by atoms with Crippen LogP contribution < -0.4 is 15.8 Å². The van der Waals surface area contributed by atoms with E-state index in [0.29, 0.717) is 18.7 Å². The molecule has 0 aliphatic heterocycles. The van der Waals surface area contributed by atoms with Crippen molar-refractivity contribution in [3.8, 4) is 0 Å². The lowest BCUT2D eigenvalue weighted by atomic mass is 9.71. The van der Waals surface area contributed by atoms with Crippen molar-refractivity contribution in [1.29, 1.82) is 0 Å². The number of hydrogen-bond acceptors (Lipinski definition) is 6. The summed E-state index contributed by atoms with van der Waals surface area (Å²) in [7, 11) is -2.72. The standard InChI is InChI=1S/C18H27N3O5S/c1-26-17(23)12-20-27(24,25)15-7-5-6-14(10-15)21-16(22)11-18(13-19)8-3-2-4-9-18/h5-7,10,20H,2-4,8-9,11-13,19H2,1H3,(H,21,22). The number of sulfonamides is 1. The van der Waals surface area contributed by atoms with Gasteiger partial charge in [-0.1, -0.05) is 25.3 Å². The van der Waals surface area contributed by atoms with Gasteiger partial charge in [0.25, 0.3) is 0 Å². The lowest BCUT2D eigenvalue weighted by Gasteiger charge is -2.35. The van der Waals surface area contributed by atoms with Crippen molar-refractivity contribution in [2.45, 2.75) is 43.4 Å². The third-order valence-corrected chi connectivity index (χ3v) is 6.34. The van der Waals surface area contributed by atoms with E-state index in [9.17, 15) is 18.0 Å². The highest BCUT2D eigenvalue weighted by Gasteiger charge is 2.33. The van der Waals surface area contributed by atoms with Crippen LogP contribution >= 0.6 is 0 Å². The molecule has 1 amide bonds. The second-order valence-corrected chi connectivity index (χ2v) is 8.69. The summed E-state index contributed by atoms with van der Waals surface area (Å²) >= 11 is 0. The number of hydrogen-bond donors (Lipinski definition) is 3. The van der Waals surface area contributed by atoms with Gasteiger partial charge >= 0.3 is 5.97 Å². The fourth-order valence-corrected chi connectivity index (χ4v) is 4.37. The molecular weight excluding hydrogens is 370 g/mol. The predicted octanol–water partition coefficient (Wildman–Crippen LogP) is 1.38. The van der Waals surface area contributed by atoms with E-state index < -0.39 is 22.5 Å². The number of benzene rings is 1. The van der Waals surface area contributed by atoms with Crippen LogP contribution in [0.5, 0.6) is 0 Å². The van der Waals surface area contributed by atoms with Crippen LogP contribution in [-0.2, 0) is 24.3 Å². The number of methoxy groups -OCH3 is 1. The van der Waals surface area contributed by atoms with Crippen molar-refractivity contribution < 1.29 is 22.7 Å². The SMILES string of the molecule is COC(=O)CNS(=O)(=O)c1cccc(NC(=O)CC2(CN)CCCCC2)c1. The van der Waals surface area contributed by atoms with Crippen LogP contribution in [0.3, 0.4) is 0 Å². The van der Waals surface area contributed by atoms with Crippen LogP contribution in [0.2, 0.25) is 0 Å². The van der Waals surface area contributed by atoms with E-state index in [1.807, 2.05) is 0 Å². The molecule has 2 rings (SSSR count). The molecule has 9 heteroatoms. The number of rotatable bonds is 8. The zero-order valence-corrected chi connectivity index (χ0v) is 16.3. The van der Waals surface area contributed by atoms with E-state index in [1.54, 1.807) is 6.07 Å². The third kappa shape index (κ3) is 6.02. The van der Waals surface area contributed by atoms with Gasteiger partial charge in [-0.3, -0.25) is 9.59 Å². The van der Waals surface area contributed by atoms with E-state index in [2.05, 4.69) is 14.8 Å². The zero-order chi connectivity index (χ0) is 19.9. The van der Waals surface area contributed by atoms with Crippen molar-refractivity contribution in [3.05, 3.63) is 24.3 Å². The van der Waals surface area contributed by atoms with Gasteiger partial charge in [0.05, 0.1) is 12.0 Å². The van der Waals surface area contributed by atoms with Crippen molar-refractivity contribution in [3.63, 3.8) is 0 Å². The highest BCUT2D eigenvalue weighted by Crippen LogP contribution is 2.38. The van der Waals surface area contributed by atoms with Gasteiger partial charge in [-0.15, -0.1) is 0 Å². The number of ether oxygens (including phenoxy) is 1. The minimum absolute atomic E-state index is 0.0459. The quantitative estimate of drug-likeness (QED) is 0.569. The maximum absolute atomic E-state index is 12.5. The molecule has 0 aromatic heterocycles. The Bertz CT molecular complexity index is 773. The first kappa shape index (κ1) is 21.3. The average molecular weight is 397 g/mol. The molecule has 150 valence electrons. The number of anilines is 1. The Kier molecular flexibility index (Phi) is 7.34. The summed E-state index contributed by atoms with van der Waals surface area (Å²) in [6.45, 7) is 0.000721. The maximum Gasteiger partial charge on any atom is 0.320 e. The molecule has 0 heterocycles. The van der Waals surface area contributed by atoms with Crippen LogP contribution in [0.25, 0.3) is 0 Å². The van der Waals surface area contributed by atoms with Gasteiger partial charge in [-0.05, 0) is 43.0 Å². The summed E-state index contributed by atoms with van der Waals surface area (Å²) in [5, 5.41) is 2.76. The molecule has 27 heavy (non-hydrogen) atoms. The molecule has 1 aliphatic carbocycles. The molecule has 0 atom stereocenters. The molecule has 1 aromatic rings. The van der Waals surface area contributed by atoms with Gasteiger partial charge in [-0.25, -0.2) is 8.42 Å². The lowest BCUT2D eigenvalue weighted by molar-refractivity contribution is -0.139. The van der Waals surface area contributed by atoms with Crippen LogP contribution in [0.4, 0.5) is 5.69 Å². The first-order chi connectivity index (χ1) is 12.8. The molecule has 0 saturated heterocycles. The number of carbonyl (C=O) groups excluding carboxylic acids is 2. The van der Waals surface area contributed by atoms with Gasteiger partial charge in [0.2, 0.25) is 15.9 Å². The maximum atomic E-state index is 12.5. The number of amides is 1. The van der Waals surface area contributed by atoms with Crippen molar-refractivity contribution in [2.24, 2.45) is 11.1 Å². The molecule has 1 aromatic carbocycles. The second-order valence-electron chi connectivity index (χ2n) is 6.92. The van der Waals surface area contributed by atoms with Crippen LogP contribution in [-0.4, -0.2) is 40.5 Å². The highest BCUT2D eigenvalue weighted by molar-refractivity contribution is 7.89. The van der Waals surface area contributed by atoms with Crippen molar-refractivity contribution in [2.75, 3.05) is 25.5 Å². The lowest BCUT2D eigenvalue weighted by Crippen LogP contribution is -2.36. The zero-order valence-electron chi connectivity index (χ0n) is 15.5. The Morgan fingerprint density at radius 3 is 2.56 bits per heavy atom. The van der Waals surface area contributed by atoms with E-state index in [4.69, 9.17) is 5.73 Å². The Balaban J connectivity index is 2.04. The number of nitrogens with two attached hydrogens (primary N) is 1. The largest absolute Gasteiger partial charge is 0.468 e. The summed E-state index contributed by atoms with van der Waals surface area (Å²) in [6, 6.07) is 5.89. The first-order valence-corrected chi connectivity index (χ1v) is 10.4. The molecule has 1 aliphatic rings. The van der Waals surface area contributed by atoms with Crippen LogP contribution in [0.1, 0.15) is 38.5 Å². The van der Waals surface area contributed by atoms with Gasteiger partial charge < -0.3 is 15.8 Å². The molecule has 0 bridgehead atoms. The Morgan fingerprint density at radius 2 is 1.93 bits per heavy atom. The van der Waals surface area contributed by atoms with Gasteiger partial charge in [0.1, 0.15) is 6.54 Å². The summed E-state index contributed by atoms with van der Waals surface area (Å²) in [5.74, 6) is -0.873. The van der Waals surface area contributed by atoms with Crippen LogP contribution in [0.15, 0.2) is 29.2 Å². The molecule has 4 N–H and O–H groups in total. The summed E-state index contributed by atoms with van der Waals surface area (Å²) in [6.07, 6.45) is 5.50. The highest BCUT2D eigenvalue weighted by atomic mass is 32.2. The van der Waals surface area contributed by atoms with E-state index in [1.165, 1.54) is 31.7 Å². The minimum atomic E-state index is -3.89. The fraction of sp³-hybridized carbons (Fsp3) is 0.556. The topological polar surface area (TPSA) is 128 Å². The van der Waals surface area contributed by atoms with Gasteiger partial charge in [0.15, 0.2) is 0 Å². The fourth-order valence-electron chi connectivity index (χ4n) is 3.35. The molecule has 0 radical (unpaired) electrons. The van der Waals surface area contributed by atoms with Crippen LogP contribution in [0, 0.1) is 5.41 Å². The number of nitrogens with one attached hydrogen (secondary N) is 2. The van der Waals surface area contributed by atoms with Gasteiger partial charge in [-0.2, -0.15) is 4.72 Å². The smallest absolute Gasteiger partial charge is 0.320 e. The number of esters is 1. The molecule has 0 unspecified atom stereocenters. The first-order valence-electron chi connectivity index (χ1n) is 8.97. The van der Waals surface area contributed by atoms with E-state index >= 15 is 0 Å². The van der Waals surface area contributed by atoms with E-state index in [0.717, 1.165) is 25.7 Å². The summed E-state index contributed by atoms with van der Waals surface area (Å²) in [5.41, 5.74) is 6.13. The summed E-state index contributed by atoms with van der Waals surface area (Å²) < 4.78 is 31.1. The van der Waals surface area contributed by atoms with Crippen molar-refractivity contribution in [1.82, 2.24) is 4.72 Å². The number of carbonyl (C=O) groups is 2. The molecule has 0 spiro atoms. The third-order valence-electron chi connectivity index (χ3n) is 4.95. The second kappa shape index (κ2) is 9.29. The average Bonchev–Trinajstić information content (AvgIpc) is 2.67. The monoisotopic (exact) mass is 397 g/mol. The molecule has 1 fully saturated rings. The van der Waals surface area contributed by atoms with E-state index in [-0.39, 0.29) is 16.2 Å². The van der Waals surface area contributed by atoms with Gasteiger partial charge in [0, 0.05) is 12.1 Å². The normalized spacial score (nSPS) is 16.5. The Labute approximate surface area is 159 Å². The Morgan fingerprint density at radius 1 is 1.22 bits per heavy atom. The molecular formula is C18H27N3O5S. The summed E-state index contributed by atoms with van der Waals surface area (Å²) in [4.78, 5) is 23.6. The Hall–Kier alpha value is -1.97. The van der Waals surface area contributed by atoms with Crippen molar-refractivity contribution >= 4 is 27.6 Å². The minimum Gasteiger partial charge on any atom is -0.468 e. The molecule has 1 saturated carbocycles. The molecule has 8 nitrogen and oxygen atoms in total.